The van der Waals surface area contributed by atoms with Crippen molar-refractivity contribution in [2.75, 3.05) is 0 Å². The normalized spacial score (nSPS) is 9.12. The van der Waals surface area contributed by atoms with Gasteiger partial charge in [0, 0.05) is 5.56 Å². The van der Waals surface area contributed by atoms with Crippen molar-refractivity contribution >= 4 is 37.9 Å². The van der Waals surface area contributed by atoms with Crippen molar-refractivity contribution in [3.05, 3.63) is 37.8 Å². The van der Waals surface area contributed by atoms with Crippen molar-refractivity contribution in [2.45, 2.75) is 0 Å². The molecule has 1 aromatic rings. The fourth-order valence-electron chi connectivity index (χ4n) is 0.946. The van der Waals surface area contributed by atoms with Crippen LogP contribution in [0.5, 0.6) is 0 Å². The number of hydrogen-bond acceptors (Lipinski definition) is 2. The SMILES string of the molecule is N#CC(C#N)=Cc1c(F)cc(Br)c(F)c1Br. The lowest BCUT2D eigenvalue weighted by molar-refractivity contribution is 0.586. The summed E-state index contributed by atoms with van der Waals surface area (Å²) in [6.07, 6.45) is 0.981. The first-order valence-electron chi connectivity index (χ1n) is 3.86. The van der Waals surface area contributed by atoms with Crippen LogP contribution in [0.3, 0.4) is 0 Å². The number of rotatable bonds is 1. The third-order valence-corrected chi connectivity index (χ3v) is 3.03. The van der Waals surface area contributed by atoms with Crippen LogP contribution in [0.1, 0.15) is 5.56 Å². The lowest BCUT2D eigenvalue weighted by Gasteiger charge is -2.04. The maximum atomic E-state index is 13.4. The van der Waals surface area contributed by atoms with E-state index in [0.29, 0.717) is 0 Å². The monoisotopic (exact) mass is 346 g/mol. The molecule has 0 fully saturated rings. The Hall–Kier alpha value is -1.24. The highest BCUT2D eigenvalue weighted by Gasteiger charge is 2.14. The van der Waals surface area contributed by atoms with Crippen LogP contribution >= 0.6 is 31.9 Å². The molecule has 1 rings (SSSR count). The third kappa shape index (κ3) is 2.46. The average Bonchev–Trinajstić information content (AvgIpc) is 2.27. The molecule has 0 N–H and O–H groups in total. The van der Waals surface area contributed by atoms with Gasteiger partial charge in [-0.05, 0) is 44.0 Å². The summed E-state index contributed by atoms with van der Waals surface area (Å²) in [5.41, 5.74) is -0.472. The van der Waals surface area contributed by atoms with Crippen LogP contribution in [-0.4, -0.2) is 0 Å². The third-order valence-electron chi connectivity index (χ3n) is 1.68. The Morgan fingerprint density at radius 2 is 1.81 bits per heavy atom. The van der Waals surface area contributed by atoms with Crippen molar-refractivity contribution in [3.63, 3.8) is 0 Å². The van der Waals surface area contributed by atoms with Gasteiger partial charge in [0.25, 0.3) is 0 Å². The first-order chi connectivity index (χ1) is 7.51. The van der Waals surface area contributed by atoms with Crippen molar-refractivity contribution in [1.29, 1.82) is 10.5 Å². The van der Waals surface area contributed by atoms with E-state index in [1.54, 1.807) is 12.1 Å². The maximum absolute atomic E-state index is 13.4. The molecule has 0 aliphatic rings. The summed E-state index contributed by atoms with van der Waals surface area (Å²) in [5, 5.41) is 17.0. The standard InChI is InChI=1S/C10H2Br2F2N2/c11-7-2-8(13)6(9(12)10(7)14)1-5(3-15)4-16/h1-2H. The number of hydrogen-bond donors (Lipinski definition) is 0. The minimum atomic E-state index is -0.733. The van der Waals surface area contributed by atoms with E-state index in [9.17, 15) is 8.78 Å². The summed E-state index contributed by atoms with van der Waals surface area (Å²) in [7, 11) is 0. The summed E-state index contributed by atoms with van der Waals surface area (Å²) in [4.78, 5) is 0. The zero-order valence-corrected chi connectivity index (χ0v) is 10.7. The van der Waals surface area contributed by atoms with Crippen LogP contribution in [0.2, 0.25) is 0 Å². The van der Waals surface area contributed by atoms with Gasteiger partial charge in [0.15, 0.2) is 5.82 Å². The smallest absolute Gasteiger partial charge is 0.152 e. The van der Waals surface area contributed by atoms with Crippen LogP contribution in [0, 0.1) is 34.3 Å². The van der Waals surface area contributed by atoms with Crippen LogP contribution < -0.4 is 0 Å². The van der Waals surface area contributed by atoms with Crippen LogP contribution in [0.25, 0.3) is 6.08 Å². The second-order valence-corrected chi connectivity index (χ2v) is 4.31. The highest BCUT2D eigenvalue weighted by atomic mass is 79.9. The molecule has 0 spiro atoms. The highest BCUT2D eigenvalue weighted by molar-refractivity contribution is 9.11. The predicted octanol–water partition coefficient (Wildman–Crippen LogP) is 3.92. The predicted molar refractivity (Wildman–Crippen MR) is 61.0 cm³/mol. The summed E-state index contributed by atoms with van der Waals surface area (Å²) >= 11 is 5.70. The molecule has 0 radical (unpaired) electrons. The van der Waals surface area contributed by atoms with Crippen LogP contribution in [-0.2, 0) is 0 Å². The van der Waals surface area contributed by atoms with Gasteiger partial charge in [-0.25, -0.2) is 8.78 Å². The van der Waals surface area contributed by atoms with E-state index in [1.165, 1.54) is 0 Å². The van der Waals surface area contributed by atoms with E-state index in [1.807, 2.05) is 0 Å². The Morgan fingerprint density at radius 1 is 1.25 bits per heavy atom. The molecule has 6 heteroatoms. The van der Waals surface area contributed by atoms with Gasteiger partial charge in [0.1, 0.15) is 23.5 Å². The number of nitriles is 2. The van der Waals surface area contributed by atoms with Crippen molar-refractivity contribution in [2.24, 2.45) is 0 Å². The summed E-state index contributed by atoms with van der Waals surface area (Å²) in [5.74, 6) is -1.42. The van der Waals surface area contributed by atoms with Gasteiger partial charge in [-0.1, -0.05) is 0 Å². The Kier molecular flexibility index (Phi) is 4.17. The summed E-state index contributed by atoms with van der Waals surface area (Å²) in [6, 6.07) is 4.06. The minimum absolute atomic E-state index is 0.0375. The lowest BCUT2D eigenvalue weighted by atomic mass is 10.1. The van der Waals surface area contributed by atoms with Crippen molar-refractivity contribution < 1.29 is 8.78 Å². The molecular formula is C10H2Br2F2N2. The van der Waals surface area contributed by atoms with E-state index in [4.69, 9.17) is 10.5 Å². The molecule has 0 atom stereocenters. The highest BCUT2D eigenvalue weighted by Crippen LogP contribution is 2.31. The van der Waals surface area contributed by atoms with E-state index in [0.717, 1.165) is 12.1 Å². The first-order valence-corrected chi connectivity index (χ1v) is 5.44. The van der Waals surface area contributed by atoms with Gasteiger partial charge in [-0.15, -0.1) is 0 Å². The van der Waals surface area contributed by atoms with E-state index in [-0.39, 0.29) is 20.1 Å². The summed E-state index contributed by atoms with van der Waals surface area (Å²) in [6.45, 7) is 0. The molecule has 80 valence electrons. The first kappa shape index (κ1) is 12.8. The zero-order chi connectivity index (χ0) is 12.3. The van der Waals surface area contributed by atoms with Gasteiger partial charge < -0.3 is 0 Å². The Labute approximate surface area is 107 Å². The Bertz CT molecular complexity index is 537. The molecule has 0 aliphatic heterocycles. The van der Waals surface area contributed by atoms with Gasteiger partial charge in [-0.3, -0.25) is 0 Å². The maximum Gasteiger partial charge on any atom is 0.152 e. The molecular weight excluding hydrogens is 346 g/mol. The zero-order valence-electron chi connectivity index (χ0n) is 7.56. The Balaban J connectivity index is 3.49. The van der Waals surface area contributed by atoms with E-state index >= 15 is 0 Å². The molecule has 0 aromatic heterocycles. The molecule has 0 bridgehead atoms. The number of nitrogens with zero attached hydrogens (tertiary/aromatic N) is 2. The second-order valence-electron chi connectivity index (χ2n) is 2.66. The molecule has 0 saturated carbocycles. The minimum Gasteiger partial charge on any atom is -0.206 e. The van der Waals surface area contributed by atoms with Crippen molar-refractivity contribution in [3.8, 4) is 12.1 Å². The number of benzene rings is 1. The Morgan fingerprint density at radius 3 is 2.31 bits per heavy atom. The topological polar surface area (TPSA) is 47.6 Å². The van der Waals surface area contributed by atoms with Crippen LogP contribution in [0.15, 0.2) is 20.6 Å². The molecule has 0 amide bonds. The fraction of sp³-hybridized carbons (Fsp3) is 0. The molecule has 2 nitrogen and oxygen atoms in total. The molecule has 0 unspecified atom stereocenters. The molecule has 0 heterocycles. The van der Waals surface area contributed by atoms with Crippen molar-refractivity contribution in [1.82, 2.24) is 0 Å². The fourth-order valence-corrected chi connectivity index (χ4v) is 2.13. The van der Waals surface area contributed by atoms with Gasteiger partial charge in [0.05, 0.1) is 8.95 Å². The second kappa shape index (κ2) is 5.20. The van der Waals surface area contributed by atoms with Gasteiger partial charge in [-0.2, -0.15) is 10.5 Å². The lowest BCUT2D eigenvalue weighted by Crippen LogP contribution is -1.91. The molecule has 16 heavy (non-hydrogen) atoms. The molecule has 0 aliphatic carbocycles. The quantitative estimate of drug-likeness (QED) is 0.439. The van der Waals surface area contributed by atoms with E-state index in [2.05, 4.69) is 31.9 Å². The van der Waals surface area contributed by atoms with Gasteiger partial charge in [0.2, 0.25) is 0 Å². The molecule has 1 aromatic carbocycles. The van der Waals surface area contributed by atoms with Crippen LogP contribution in [0.4, 0.5) is 8.78 Å². The van der Waals surface area contributed by atoms with E-state index < -0.39 is 11.6 Å². The summed E-state index contributed by atoms with van der Waals surface area (Å²) < 4.78 is 26.6. The largest absolute Gasteiger partial charge is 0.206 e. The average molecular weight is 348 g/mol. The number of allylic oxidation sites excluding steroid dienone is 1. The molecule has 0 saturated heterocycles. The number of halogens is 4. The van der Waals surface area contributed by atoms with Gasteiger partial charge >= 0.3 is 0 Å².